The summed E-state index contributed by atoms with van der Waals surface area (Å²) in [6.45, 7) is 8.09. The molecular formula is C9H22N2O4Si2. The maximum atomic E-state index is 11.1. The van der Waals surface area contributed by atoms with Crippen molar-refractivity contribution in [1.29, 1.82) is 0 Å². The number of amides is 2. The number of ether oxygens (including phenoxy) is 2. The Kier molecular flexibility index (Phi) is 8.50. The normalized spacial score (nSPS) is 10.2. The van der Waals surface area contributed by atoms with E-state index in [1.165, 1.54) is 0 Å². The molecule has 0 rings (SSSR count). The summed E-state index contributed by atoms with van der Waals surface area (Å²) in [4.78, 5) is 22.2. The maximum absolute atomic E-state index is 11.1. The largest absolute Gasteiger partial charge is 0.412 e. The van der Waals surface area contributed by atoms with Crippen LogP contribution in [0.4, 0.5) is 9.59 Å². The summed E-state index contributed by atoms with van der Waals surface area (Å²) in [5.41, 5.74) is 0. The lowest BCUT2D eigenvalue weighted by molar-refractivity contribution is 0.0254. The molecule has 0 aliphatic heterocycles. The molecule has 0 aliphatic rings. The first-order chi connectivity index (χ1) is 7.91. The van der Waals surface area contributed by atoms with E-state index in [4.69, 9.17) is 0 Å². The van der Waals surface area contributed by atoms with E-state index in [1.807, 2.05) is 0 Å². The van der Waals surface area contributed by atoms with Gasteiger partial charge in [-0.25, -0.2) is 9.59 Å². The molecule has 0 aromatic heterocycles. The van der Waals surface area contributed by atoms with Crippen LogP contribution in [0.1, 0.15) is 0 Å². The third-order valence-corrected chi connectivity index (χ3v) is 3.73. The third-order valence-electron chi connectivity index (χ3n) is 1.69. The first-order valence-electron chi connectivity index (χ1n) is 5.73. The molecule has 6 nitrogen and oxygen atoms in total. The highest BCUT2D eigenvalue weighted by Gasteiger charge is 2.06. The van der Waals surface area contributed by atoms with Crippen molar-refractivity contribution in [3.8, 4) is 0 Å². The average molecular weight is 278 g/mol. The van der Waals surface area contributed by atoms with E-state index in [9.17, 15) is 9.59 Å². The molecule has 0 spiro atoms. The van der Waals surface area contributed by atoms with Crippen LogP contribution < -0.4 is 10.6 Å². The number of carbonyl (C=O) groups is 2. The lowest BCUT2D eigenvalue weighted by Gasteiger charge is -2.10. The fourth-order valence-electron chi connectivity index (χ4n) is 0.813. The molecule has 0 unspecified atom stereocenters. The van der Waals surface area contributed by atoms with Crippen molar-refractivity contribution in [1.82, 2.24) is 10.6 Å². The number of hydrogen-bond acceptors (Lipinski definition) is 4. The van der Waals surface area contributed by atoms with Gasteiger partial charge >= 0.3 is 12.2 Å². The lowest BCUT2D eigenvalue weighted by atomic mass is 11.0. The molecule has 0 bridgehead atoms. The Balaban J connectivity index is 3.49. The predicted molar refractivity (Wildman–Crippen MR) is 71.6 cm³/mol. The molecule has 100 valence electrons. The third kappa shape index (κ3) is 11.2. The summed E-state index contributed by atoms with van der Waals surface area (Å²) in [5, 5.41) is 5.20. The van der Waals surface area contributed by atoms with Gasteiger partial charge < -0.3 is 20.1 Å². The van der Waals surface area contributed by atoms with Crippen molar-refractivity contribution >= 4 is 29.8 Å². The molecule has 8 heteroatoms. The van der Waals surface area contributed by atoms with Crippen molar-refractivity contribution in [2.24, 2.45) is 0 Å². The zero-order valence-corrected chi connectivity index (χ0v) is 13.2. The number of nitrogens with one attached hydrogen (secondary N) is 2. The zero-order chi connectivity index (χ0) is 13.3. The Morgan fingerprint density at radius 2 is 1.24 bits per heavy atom. The first-order valence-corrected chi connectivity index (χ1v) is 12.0. The second-order valence-electron chi connectivity index (χ2n) is 4.53. The van der Waals surface area contributed by atoms with Crippen LogP contribution in [0.25, 0.3) is 0 Å². The van der Waals surface area contributed by atoms with E-state index in [1.54, 1.807) is 0 Å². The number of alkyl carbamates (subject to hydrolysis) is 2. The van der Waals surface area contributed by atoms with E-state index in [0.29, 0.717) is 12.3 Å². The minimum absolute atomic E-state index is 0.350. The van der Waals surface area contributed by atoms with Gasteiger partial charge in [-0.15, -0.1) is 0 Å². The highest BCUT2D eigenvalue weighted by molar-refractivity contribution is 6.56. The van der Waals surface area contributed by atoms with Gasteiger partial charge in [0.05, 0.1) is 17.6 Å². The van der Waals surface area contributed by atoms with E-state index in [-0.39, 0.29) is 6.79 Å². The Hall–Kier alpha value is -1.03. The molecule has 0 aliphatic carbocycles. The fourth-order valence-corrected chi connectivity index (χ4v) is 1.96. The predicted octanol–water partition coefficient (Wildman–Crippen LogP) is 0.448. The van der Waals surface area contributed by atoms with Crippen LogP contribution in [0.3, 0.4) is 0 Å². The molecule has 0 atom stereocenters. The van der Waals surface area contributed by atoms with Crippen molar-refractivity contribution < 1.29 is 19.1 Å². The minimum atomic E-state index is -0.830. The Morgan fingerprint density at radius 3 is 1.53 bits per heavy atom. The smallest absolute Gasteiger partial charge is 0.409 e. The summed E-state index contributed by atoms with van der Waals surface area (Å²) in [7, 11) is -1.66. The number of carbonyl (C=O) groups excluding carboxylic acids is 2. The monoisotopic (exact) mass is 278 g/mol. The van der Waals surface area contributed by atoms with E-state index in [0.717, 1.165) is 0 Å². The fraction of sp³-hybridized carbons (Fsp3) is 0.778. The van der Waals surface area contributed by atoms with Crippen molar-refractivity contribution in [2.75, 3.05) is 19.1 Å². The molecule has 2 N–H and O–H groups in total. The van der Waals surface area contributed by atoms with Crippen LogP contribution in [0.5, 0.6) is 0 Å². The summed E-state index contributed by atoms with van der Waals surface area (Å²) in [6, 6.07) is 0. The minimum Gasteiger partial charge on any atom is -0.412 e. The first kappa shape index (κ1) is 16.0. The molecule has 17 heavy (non-hydrogen) atoms. The molecule has 0 heterocycles. The van der Waals surface area contributed by atoms with Gasteiger partial charge in [0.2, 0.25) is 6.79 Å². The highest BCUT2D eigenvalue weighted by Crippen LogP contribution is 1.84. The number of rotatable bonds is 6. The van der Waals surface area contributed by atoms with Gasteiger partial charge in [0.1, 0.15) is 0 Å². The lowest BCUT2D eigenvalue weighted by Crippen LogP contribution is -2.35. The molecule has 0 radical (unpaired) electrons. The van der Waals surface area contributed by atoms with E-state index >= 15 is 0 Å². The van der Waals surface area contributed by atoms with Gasteiger partial charge in [0.15, 0.2) is 0 Å². The Morgan fingerprint density at radius 1 is 0.882 bits per heavy atom. The SMILES string of the molecule is C[SiH](C)CNC(=O)OCOC(=O)NC[SiH](C)C. The van der Waals surface area contributed by atoms with Crippen LogP contribution in [0.15, 0.2) is 0 Å². The average Bonchev–Trinajstić information content (AvgIpc) is 2.23. The quantitative estimate of drug-likeness (QED) is 0.546. The standard InChI is InChI=1S/C9H22N2O4Si2/c1-16(2)5-10-8(12)14-7-15-9(13)11-6-17(3)4/h16-17H,5-7H2,1-4H3,(H,10,12)(H,11,13). The van der Waals surface area contributed by atoms with Crippen LogP contribution in [-0.2, 0) is 9.47 Å². The molecule has 0 saturated heterocycles. The van der Waals surface area contributed by atoms with Gasteiger partial charge in [-0.3, -0.25) is 0 Å². The second kappa shape index (κ2) is 9.05. The molecule has 0 aromatic carbocycles. The summed E-state index contributed by atoms with van der Waals surface area (Å²) in [5.74, 6) is 0. The van der Waals surface area contributed by atoms with E-state index < -0.39 is 29.8 Å². The summed E-state index contributed by atoms with van der Waals surface area (Å²) < 4.78 is 9.34. The van der Waals surface area contributed by atoms with Gasteiger partial charge in [0.25, 0.3) is 0 Å². The molecular weight excluding hydrogens is 256 g/mol. The van der Waals surface area contributed by atoms with Gasteiger partial charge in [0, 0.05) is 12.3 Å². The topological polar surface area (TPSA) is 76.7 Å². The van der Waals surface area contributed by atoms with Crippen molar-refractivity contribution in [3.63, 3.8) is 0 Å². The van der Waals surface area contributed by atoms with Crippen LogP contribution >= 0.6 is 0 Å². The van der Waals surface area contributed by atoms with Crippen molar-refractivity contribution in [3.05, 3.63) is 0 Å². The molecule has 2 amide bonds. The van der Waals surface area contributed by atoms with Crippen LogP contribution in [-0.4, -0.2) is 48.9 Å². The summed E-state index contributed by atoms with van der Waals surface area (Å²) >= 11 is 0. The summed E-state index contributed by atoms with van der Waals surface area (Å²) in [6.07, 6.45) is 0.253. The van der Waals surface area contributed by atoms with Gasteiger partial charge in [-0.2, -0.15) is 0 Å². The maximum Gasteiger partial charge on any atom is 0.409 e. The Bertz CT molecular complexity index is 225. The number of hydrogen-bond donors (Lipinski definition) is 2. The Labute approximate surface area is 105 Å². The second-order valence-corrected chi connectivity index (χ2v) is 10.9. The van der Waals surface area contributed by atoms with Crippen molar-refractivity contribution in [2.45, 2.75) is 26.2 Å². The molecule has 0 saturated carbocycles. The van der Waals surface area contributed by atoms with Crippen LogP contribution in [0, 0.1) is 0 Å². The highest BCUT2D eigenvalue weighted by atomic mass is 28.3. The molecule has 0 aromatic rings. The van der Waals surface area contributed by atoms with E-state index in [2.05, 4.69) is 46.3 Å². The van der Waals surface area contributed by atoms with Gasteiger partial charge in [-0.05, 0) is 0 Å². The zero-order valence-electron chi connectivity index (χ0n) is 10.9. The van der Waals surface area contributed by atoms with Crippen LogP contribution in [0.2, 0.25) is 26.2 Å². The molecule has 0 fully saturated rings. The van der Waals surface area contributed by atoms with Gasteiger partial charge in [-0.1, -0.05) is 26.2 Å².